The summed E-state index contributed by atoms with van der Waals surface area (Å²) >= 11 is 0. The van der Waals surface area contributed by atoms with Gasteiger partial charge in [0.15, 0.2) is 0 Å². The fourth-order valence-electron chi connectivity index (χ4n) is 2.35. The average molecular weight is 237 g/mol. The third kappa shape index (κ3) is 2.97. The number of unbranched alkanes of at least 4 members (excludes halogenated alkanes) is 2. The van der Waals surface area contributed by atoms with Gasteiger partial charge in [-0.2, -0.15) is 0 Å². The van der Waals surface area contributed by atoms with Crippen LogP contribution in [-0.4, -0.2) is 6.10 Å². The molecule has 0 aliphatic carbocycles. The number of rotatable bonds is 4. The average Bonchev–Trinajstić information content (AvgIpc) is 2.31. The minimum Gasteiger partial charge on any atom is -0.490 e. The van der Waals surface area contributed by atoms with Gasteiger partial charge in [0.1, 0.15) is 17.7 Å². The molecule has 3 heteroatoms. The summed E-state index contributed by atoms with van der Waals surface area (Å²) in [6.45, 7) is 2.19. The van der Waals surface area contributed by atoms with Crippen molar-refractivity contribution in [3.05, 3.63) is 29.6 Å². The third-order valence-corrected chi connectivity index (χ3v) is 3.31. The van der Waals surface area contributed by atoms with E-state index in [0.29, 0.717) is 0 Å². The minimum absolute atomic E-state index is 0.0962. The van der Waals surface area contributed by atoms with Crippen molar-refractivity contribution in [2.75, 3.05) is 0 Å². The molecule has 1 aromatic rings. The van der Waals surface area contributed by atoms with E-state index < -0.39 is 0 Å². The molecular formula is C14H20FNO. The van der Waals surface area contributed by atoms with Crippen LogP contribution in [0.2, 0.25) is 0 Å². The fraction of sp³-hybridized carbons (Fsp3) is 0.571. The van der Waals surface area contributed by atoms with Crippen LogP contribution in [0.4, 0.5) is 4.39 Å². The van der Waals surface area contributed by atoms with E-state index in [1.165, 1.54) is 31.4 Å². The zero-order chi connectivity index (χ0) is 12.3. The van der Waals surface area contributed by atoms with Crippen molar-refractivity contribution in [2.45, 2.75) is 51.2 Å². The molecule has 0 amide bonds. The summed E-state index contributed by atoms with van der Waals surface area (Å²) < 4.78 is 19.0. The van der Waals surface area contributed by atoms with Crippen LogP contribution in [0.15, 0.2) is 18.2 Å². The quantitative estimate of drug-likeness (QED) is 0.813. The van der Waals surface area contributed by atoms with Gasteiger partial charge < -0.3 is 10.5 Å². The van der Waals surface area contributed by atoms with Gasteiger partial charge in [-0.15, -0.1) is 0 Å². The molecule has 0 radical (unpaired) electrons. The second-order valence-electron chi connectivity index (χ2n) is 4.76. The maximum absolute atomic E-state index is 13.1. The third-order valence-electron chi connectivity index (χ3n) is 3.31. The maximum atomic E-state index is 13.1. The second kappa shape index (κ2) is 5.50. The Kier molecular flexibility index (Phi) is 4.00. The Balaban J connectivity index is 2.03. The summed E-state index contributed by atoms with van der Waals surface area (Å²) in [5.74, 6) is 0.513. The minimum atomic E-state index is -0.243. The monoisotopic (exact) mass is 237 g/mol. The van der Waals surface area contributed by atoms with Gasteiger partial charge in [0, 0.05) is 18.0 Å². The Labute approximate surface area is 102 Å². The molecule has 2 N–H and O–H groups in total. The highest BCUT2D eigenvalue weighted by atomic mass is 19.1. The van der Waals surface area contributed by atoms with Gasteiger partial charge in [0.25, 0.3) is 0 Å². The molecule has 1 aliphatic rings. The molecule has 0 saturated heterocycles. The lowest BCUT2D eigenvalue weighted by molar-refractivity contribution is 0.146. The summed E-state index contributed by atoms with van der Waals surface area (Å²) in [6.07, 6.45) is 5.63. The summed E-state index contributed by atoms with van der Waals surface area (Å²) in [5.41, 5.74) is 6.87. The van der Waals surface area contributed by atoms with Crippen LogP contribution in [-0.2, 0) is 0 Å². The molecule has 1 aromatic carbocycles. The zero-order valence-electron chi connectivity index (χ0n) is 10.3. The Morgan fingerprint density at radius 2 is 2.24 bits per heavy atom. The molecule has 17 heavy (non-hydrogen) atoms. The molecule has 0 fully saturated rings. The molecule has 2 atom stereocenters. The molecule has 0 saturated carbocycles. The van der Waals surface area contributed by atoms with Crippen LogP contribution in [0.1, 0.15) is 50.6 Å². The molecule has 2 nitrogen and oxygen atoms in total. The van der Waals surface area contributed by atoms with Crippen molar-refractivity contribution < 1.29 is 9.13 Å². The lowest BCUT2D eigenvalue weighted by Crippen LogP contribution is -2.29. The van der Waals surface area contributed by atoms with Gasteiger partial charge in [-0.3, -0.25) is 0 Å². The second-order valence-corrected chi connectivity index (χ2v) is 4.76. The first-order valence-corrected chi connectivity index (χ1v) is 6.42. The largest absolute Gasteiger partial charge is 0.490 e. The highest BCUT2D eigenvalue weighted by molar-refractivity contribution is 5.38. The van der Waals surface area contributed by atoms with Gasteiger partial charge >= 0.3 is 0 Å². The fourth-order valence-corrected chi connectivity index (χ4v) is 2.35. The van der Waals surface area contributed by atoms with E-state index in [2.05, 4.69) is 6.92 Å². The molecule has 2 rings (SSSR count). The summed E-state index contributed by atoms with van der Waals surface area (Å²) in [7, 11) is 0. The molecule has 0 spiro atoms. The summed E-state index contributed by atoms with van der Waals surface area (Å²) in [6, 6.07) is 4.51. The first-order valence-electron chi connectivity index (χ1n) is 6.42. The molecule has 1 heterocycles. The standard InChI is InChI=1S/C14H20FNO/c1-2-3-4-5-11-9-13(16)12-8-10(15)6-7-14(12)17-11/h6-8,11,13H,2-5,9,16H2,1H3/t11?,13-/m1/s1. The Morgan fingerprint density at radius 1 is 1.41 bits per heavy atom. The van der Waals surface area contributed by atoms with E-state index in [1.807, 2.05) is 0 Å². The van der Waals surface area contributed by atoms with Crippen LogP contribution in [0.25, 0.3) is 0 Å². The normalized spacial score (nSPS) is 23.0. The Bertz CT molecular complexity index is 380. The zero-order valence-corrected chi connectivity index (χ0v) is 10.3. The van der Waals surface area contributed by atoms with Crippen molar-refractivity contribution >= 4 is 0 Å². The van der Waals surface area contributed by atoms with Crippen LogP contribution in [0, 0.1) is 5.82 Å². The SMILES string of the molecule is CCCCCC1C[C@@H](N)c2cc(F)ccc2O1. The van der Waals surface area contributed by atoms with Crippen LogP contribution < -0.4 is 10.5 Å². The highest BCUT2D eigenvalue weighted by Gasteiger charge is 2.25. The van der Waals surface area contributed by atoms with E-state index in [0.717, 1.165) is 24.2 Å². The van der Waals surface area contributed by atoms with Gasteiger partial charge in [0.2, 0.25) is 0 Å². The number of fused-ring (bicyclic) bond motifs is 1. The van der Waals surface area contributed by atoms with Crippen molar-refractivity contribution in [3.63, 3.8) is 0 Å². The van der Waals surface area contributed by atoms with Crippen LogP contribution in [0.5, 0.6) is 5.75 Å². The van der Waals surface area contributed by atoms with Gasteiger partial charge in [0.05, 0.1) is 0 Å². The Hall–Kier alpha value is -1.09. The lowest BCUT2D eigenvalue weighted by atomic mass is 9.94. The first kappa shape index (κ1) is 12.4. The number of hydrogen-bond acceptors (Lipinski definition) is 2. The van der Waals surface area contributed by atoms with E-state index in [-0.39, 0.29) is 18.0 Å². The molecule has 1 unspecified atom stereocenters. The molecule has 0 bridgehead atoms. The highest BCUT2D eigenvalue weighted by Crippen LogP contribution is 2.35. The van der Waals surface area contributed by atoms with Gasteiger partial charge in [-0.05, 0) is 31.0 Å². The number of benzene rings is 1. The van der Waals surface area contributed by atoms with Gasteiger partial charge in [-0.1, -0.05) is 19.8 Å². The number of hydrogen-bond donors (Lipinski definition) is 1. The van der Waals surface area contributed by atoms with Gasteiger partial charge in [-0.25, -0.2) is 4.39 Å². The number of nitrogens with two attached hydrogens (primary N) is 1. The van der Waals surface area contributed by atoms with Crippen molar-refractivity contribution in [1.29, 1.82) is 0 Å². The number of ether oxygens (including phenoxy) is 1. The molecule has 1 aliphatic heterocycles. The van der Waals surface area contributed by atoms with Crippen molar-refractivity contribution in [3.8, 4) is 5.75 Å². The van der Waals surface area contributed by atoms with E-state index in [1.54, 1.807) is 6.07 Å². The number of halogens is 1. The lowest BCUT2D eigenvalue weighted by Gasteiger charge is -2.30. The molecule has 0 aromatic heterocycles. The predicted octanol–water partition coefficient (Wildman–Crippen LogP) is 3.56. The molecular weight excluding hydrogens is 217 g/mol. The van der Waals surface area contributed by atoms with Crippen molar-refractivity contribution in [1.82, 2.24) is 0 Å². The van der Waals surface area contributed by atoms with E-state index in [9.17, 15) is 4.39 Å². The summed E-state index contributed by atoms with van der Waals surface area (Å²) in [5, 5.41) is 0. The topological polar surface area (TPSA) is 35.2 Å². The first-order chi connectivity index (χ1) is 8.20. The summed E-state index contributed by atoms with van der Waals surface area (Å²) in [4.78, 5) is 0. The Morgan fingerprint density at radius 3 is 3.00 bits per heavy atom. The maximum Gasteiger partial charge on any atom is 0.124 e. The van der Waals surface area contributed by atoms with E-state index in [4.69, 9.17) is 10.5 Å². The smallest absolute Gasteiger partial charge is 0.124 e. The van der Waals surface area contributed by atoms with E-state index >= 15 is 0 Å². The van der Waals surface area contributed by atoms with Crippen LogP contribution in [0.3, 0.4) is 0 Å². The predicted molar refractivity (Wildman–Crippen MR) is 66.5 cm³/mol. The molecule has 94 valence electrons. The van der Waals surface area contributed by atoms with Crippen molar-refractivity contribution in [2.24, 2.45) is 5.73 Å². The van der Waals surface area contributed by atoms with Crippen LogP contribution >= 0.6 is 0 Å².